The Morgan fingerprint density at radius 3 is 2.47 bits per heavy atom. The third kappa shape index (κ3) is 3.18. The minimum Gasteiger partial charge on any atom is -0.326 e. The van der Waals surface area contributed by atoms with Gasteiger partial charge in [0.05, 0.1) is 0 Å². The van der Waals surface area contributed by atoms with Gasteiger partial charge in [0.1, 0.15) is 0 Å². The van der Waals surface area contributed by atoms with Gasteiger partial charge in [0.25, 0.3) is 0 Å². The van der Waals surface area contributed by atoms with Crippen molar-refractivity contribution in [2.24, 2.45) is 23.5 Å². The number of nitrogens with two attached hydrogens (primary N) is 1. The lowest BCUT2D eigenvalue weighted by molar-refractivity contribution is 0.259. The van der Waals surface area contributed by atoms with Crippen molar-refractivity contribution in [3.8, 4) is 0 Å². The van der Waals surface area contributed by atoms with E-state index in [1.54, 1.807) is 0 Å². The molecule has 3 atom stereocenters. The van der Waals surface area contributed by atoms with Gasteiger partial charge in [0.2, 0.25) is 0 Å². The Hall–Kier alpha value is -0.0800. The van der Waals surface area contributed by atoms with E-state index < -0.39 is 0 Å². The molecule has 2 N–H and O–H groups in total. The van der Waals surface area contributed by atoms with Crippen LogP contribution >= 0.6 is 0 Å². The van der Waals surface area contributed by atoms with Crippen molar-refractivity contribution in [2.45, 2.75) is 45.1 Å². The highest BCUT2D eigenvalue weighted by Gasteiger charge is 2.33. The maximum atomic E-state index is 6.27. The van der Waals surface area contributed by atoms with Crippen molar-refractivity contribution < 1.29 is 0 Å². The van der Waals surface area contributed by atoms with Gasteiger partial charge in [-0.1, -0.05) is 19.8 Å². The van der Waals surface area contributed by atoms with Crippen LogP contribution in [0.1, 0.15) is 39.0 Å². The fourth-order valence-corrected chi connectivity index (χ4v) is 3.02. The van der Waals surface area contributed by atoms with Gasteiger partial charge in [-0.15, -0.1) is 0 Å². The molecular formula is C13H26N2. The maximum Gasteiger partial charge on any atom is 0.0196 e. The third-order valence-corrected chi connectivity index (χ3v) is 4.35. The molecule has 0 radical (unpaired) electrons. The Bertz CT molecular complexity index is 199. The van der Waals surface area contributed by atoms with Crippen LogP contribution in [-0.4, -0.2) is 31.1 Å². The molecule has 0 aromatic heterocycles. The molecule has 15 heavy (non-hydrogen) atoms. The predicted molar refractivity (Wildman–Crippen MR) is 64.7 cm³/mol. The van der Waals surface area contributed by atoms with Crippen LogP contribution in [0.5, 0.6) is 0 Å². The van der Waals surface area contributed by atoms with Crippen LogP contribution in [0.15, 0.2) is 0 Å². The molecule has 2 aliphatic rings. The second-order valence-corrected chi connectivity index (χ2v) is 5.90. The molecule has 2 nitrogen and oxygen atoms in total. The molecule has 0 heterocycles. The van der Waals surface area contributed by atoms with Crippen molar-refractivity contribution in [1.29, 1.82) is 0 Å². The molecule has 2 rings (SSSR count). The lowest BCUT2D eigenvalue weighted by Gasteiger charge is -2.25. The molecule has 2 saturated carbocycles. The van der Waals surface area contributed by atoms with Crippen LogP contribution in [0.25, 0.3) is 0 Å². The zero-order valence-electron chi connectivity index (χ0n) is 10.3. The van der Waals surface area contributed by atoms with Crippen LogP contribution < -0.4 is 5.73 Å². The van der Waals surface area contributed by atoms with Crippen LogP contribution in [0.2, 0.25) is 0 Å². The second-order valence-electron chi connectivity index (χ2n) is 5.90. The number of hydrogen-bond acceptors (Lipinski definition) is 2. The molecular weight excluding hydrogens is 184 g/mol. The van der Waals surface area contributed by atoms with Crippen molar-refractivity contribution in [3.05, 3.63) is 0 Å². The summed E-state index contributed by atoms with van der Waals surface area (Å²) in [5.74, 6) is 2.74. The molecule has 0 saturated heterocycles. The summed E-state index contributed by atoms with van der Waals surface area (Å²) in [6.45, 7) is 4.73. The van der Waals surface area contributed by atoms with Gasteiger partial charge in [0.15, 0.2) is 0 Å². The van der Waals surface area contributed by atoms with Gasteiger partial charge in [-0.25, -0.2) is 0 Å². The maximum absolute atomic E-state index is 6.27. The van der Waals surface area contributed by atoms with E-state index in [1.165, 1.54) is 38.6 Å². The lowest BCUT2D eigenvalue weighted by Crippen LogP contribution is -2.40. The summed E-state index contributed by atoms with van der Waals surface area (Å²) in [5.41, 5.74) is 6.27. The molecule has 0 bridgehead atoms. The van der Waals surface area contributed by atoms with E-state index in [2.05, 4.69) is 18.9 Å². The van der Waals surface area contributed by atoms with E-state index in [0.717, 1.165) is 24.3 Å². The molecule has 0 spiro atoms. The van der Waals surface area contributed by atoms with E-state index in [-0.39, 0.29) is 0 Å². The molecule has 3 unspecified atom stereocenters. The highest BCUT2D eigenvalue weighted by atomic mass is 15.1. The molecule has 0 aliphatic heterocycles. The largest absolute Gasteiger partial charge is 0.326 e. The average Bonchev–Trinajstić information content (AvgIpc) is 2.73. The van der Waals surface area contributed by atoms with Gasteiger partial charge in [-0.05, 0) is 44.1 Å². The van der Waals surface area contributed by atoms with Crippen molar-refractivity contribution in [2.75, 3.05) is 20.1 Å². The van der Waals surface area contributed by atoms with Crippen LogP contribution in [0, 0.1) is 17.8 Å². The number of likely N-dealkylation sites (N-methyl/N-ethyl adjacent to an activating group) is 1. The van der Waals surface area contributed by atoms with Gasteiger partial charge in [-0.3, -0.25) is 0 Å². The quantitative estimate of drug-likeness (QED) is 0.753. The summed E-state index contributed by atoms with van der Waals surface area (Å²) >= 11 is 0. The van der Waals surface area contributed by atoms with Crippen LogP contribution in [0.4, 0.5) is 0 Å². The first kappa shape index (κ1) is 11.4. The zero-order chi connectivity index (χ0) is 10.8. The van der Waals surface area contributed by atoms with Crippen molar-refractivity contribution in [1.82, 2.24) is 4.90 Å². The van der Waals surface area contributed by atoms with Gasteiger partial charge in [0, 0.05) is 19.1 Å². The summed E-state index contributed by atoms with van der Waals surface area (Å²) in [7, 11) is 2.24. The fourth-order valence-electron chi connectivity index (χ4n) is 3.02. The monoisotopic (exact) mass is 210 g/mol. The second kappa shape index (κ2) is 4.84. The Labute approximate surface area is 94.2 Å². The first-order valence-corrected chi connectivity index (χ1v) is 6.61. The Balaban J connectivity index is 1.66. The lowest BCUT2D eigenvalue weighted by atomic mass is 9.98. The number of rotatable bonds is 5. The smallest absolute Gasteiger partial charge is 0.0196 e. The predicted octanol–water partition coefficient (Wildman–Crippen LogP) is 2.09. The average molecular weight is 210 g/mol. The summed E-state index contributed by atoms with van der Waals surface area (Å²) < 4.78 is 0. The Morgan fingerprint density at radius 2 is 1.93 bits per heavy atom. The molecule has 2 fully saturated rings. The number of hydrogen-bond donors (Lipinski definition) is 1. The van der Waals surface area contributed by atoms with E-state index in [0.29, 0.717) is 6.04 Å². The van der Waals surface area contributed by atoms with E-state index in [9.17, 15) is 0 Å². The molecule has 2 aliphatic carbocycles. The fraction of sp³-hybridized carbons (Fsp3) is 1.00. The van der Waals surface area contributed by atoms with Gasteiger partial charge < -0.3 is 10.6 Å². The minimum absolute atomic E-state index is 0.423. The first-order valence-electron chi connectivity index (χ1n) is 6.61. The zero-order valence-corrected chi connectivity index (χ0v) is 10.3. The third-order valence-electron chi connectivity index (χ3n) is 4.35. The highest BCUT2D eigenvalue weighted by molar-refractivity contribution is 4.86. The molecule has 0 aromatic carbocycles. The molecule has 2 heteroatoms. The van der Waals surface area contributed by atoms with Crippen molar-refractivity contribution in [3.63, 3.8) is 0 Å². The number of nitrogens with zero attached hydrogens (tertiary/aromatic N) is 1. The van der Waals surface area contributed by atoms with Gasteiger partial charge >= 0.3 is 0 Å². The standard InChI is InChI=1S/C13H26N2/c1-10-7-12(10)8-15(2)9-13(14)11-5-3-4-6-11/h10-13H,3-9,14H2,1-2H3. The SMILES string of the molecule is CC1CC1CN(C)CC(N)C1CCCC1. The van der Waals surface area contributed by atoms with E-state index >= 15 is 0 Å². The summed E-state index contributed by atoms with van der Waals surface area (Å²) in [5, 5.41) is 0. The normalized spacial score (nSPS) is 33.6. The van der Waals surface area contributed by atoms with E-state index in [4.69, 9.17) is 5.73 Å². The Kier molecular flexibility index (Phi) is 3.68. The van der Waals surface area contributed by atoms with Gasteiger partial charge in [-0.2, -0.15) is 0 Å². The Morgan fingerprint density at radius 1 is 1.33 bits per heavy atom. The van der Waals surface area contributed by atoms with Crippen LogP contribution in [0.3, 0.4) is 0 Å². The molecule has 0 aromatic rings. The summed E-state index contributed by atoms with van der Waals surface area (Å²) in [6.07, 6.45) is 6.98. The van der Waals surface area contributed by atoms with Crippen molar-refractivity contribution >= 4 is 0 Å². The molecule has 88 valence electrons. The topological polar surface area (TPSA) is 29.3 Å². The minimum atomic E-state index is 0.423. The highest BCUT2D eigenvalue weighted by Crippen LogP contribution is 2.38. The summed E-state index contributed by atoms with van der Waals surface area (Å²) in [6, 6.07) is 0.423. The molecule has 0 amide bonds. The van der Waals surface area contributed by atoms with E-state index in [1.807, 2.05) is 0 Å². The van der Waals surface area contributed by atoms with Crippen LogP contribution in [-0.2, 0) is 0 Å². The summed E-state index contributed by atoms with van der Waals surface area (Å²) in [4.78, 5) is 2.46. The first-order chi connectivity index (χ1) is 7.16.